The quantitative estimate of drug-likeness (QED) is 0.0345. The molecular weight excluding hydrogens is 733 g/mol. The molecule has 0 spiro atoms. The van der Waals surface area contributed by atoms with Gasteiger partial charge in [0.15, 0.2) is 6.10 Å². The van der Waals surface area contributed by atoms with E-state index in [2.05, 4.69) is 34.6 Å². The summed E-state index contributed by atoms with van der Waals surface area (Å²) in [6.45, 7) is 11.4. The molecule has 0 aromatic rings. The second-order valence-corrected chi connectivity index (χ2v) is 18.9. The van der Waals surface area contributed by atoms with Crippen molar-refractivity contribution in [3.05, 3.63) is 0 Å². The molecule has 0 saturated carbocycles. The third-order valence-electron chi connectivity index (χ3n) is 12.3. The number of unbranched alkanes of at least 4 members (excludes halogenated alkanes) is 31. The van der Waals surface area contributed by atoms with Crippen LogP contribution in [-0.2, 0) is 28.6 Å². The first-order valence-electron chi connectivity index (χ1n) is 26.3. The number of hydrogen-bond acceptors (Lipinski definition) is 6. The first-order chi connectivity index (χ1) is 28.8. The lowest BCUT2D eigenvalue weighted by molar-refractivity contribution is -0.167. The maximum Gasteiger partial charge on any atom is 0.306 e. The zero-order chi connectivity index (χ0) is 43.3. The van der Waals surface area contributed by atoms with E-state index in [1.165, 1.54) is 180 Å². The van der Waals surface area contributed by atoms with E-state index < -0.39 is 6.10 Å². The number of ether oxygens (including phenoxy) is 3. The van der Waals surface area contributed by atoms with Gasteiger partial charge in [-0.2, -0.15) is 0 Å². The van der Waals surface area contributed by atoms with E-state index in [0.717, 1.165) is 69.6 Å². The molecule has 59 heavy (non-hydrogen) atoms. The molecule has 1 unspecified atom stereocenters. The topological polar surface area (TPSA) is 78.9 Å². The highest BCUT2D eigenvalue weighted by molar-refractivity contribution is 5.71. The van der Waals surface area contributed by atoms with Crippen LogP contribution in [0.25, 0.3) is 0 Å². The SMILES string of the molecule is CCCCCCCCCCCCCCCCC(=O)OC[C@@H](COC(=O)CCCCCCCCC(C)CC)OC(=O)CCCCCCCCCCCCCCCCC(C)C. The molecule has 0 aliphatic heterocycles. The van der Waals surface area contributed by atoms with E-state index in [0.29, 0.717) is 19.3 Å². The van der Waals surface area contributed by atoms with Gasteiger partial charge < -0.3 is 14.2 Å². The molecule has 0 aliphatic carbocycles. The normalized spacial score (nSPS) is 12.5. The fourth-order valence-electron chi connectivity index (χ4n) is 7.96. The fourth-order valence-corrected chi connectivity index (χ4v) is 7.96. The van der Waals surface area contributed by atoms with Crippen LogP contribution in [0.1, 0.15) is 291 Å². The Morgan fingerprint density at radius 2 is 0.644 bits per heavy atom. The van der Waals surface area contributed by atoms with Gasteiger partial charge in [-0.05, 0) is 31.1 Å². The standard InChI is InChI=1S/C53H102O6/c1-6-8-9-10-11-12-13-14-18-21-24-27-33-38-43-51(54)57-46-50(47-58-52(55)44-39-34-30-29-32-37-42-49(5)7-2)59-53(56)45-40-35-28-25-22-19-16-15-17-20-23-26-31-36-41-48(3)4/h48-50H,6-47H2,1-5H3/t49?,50-/m0/s1. The molecule has 0 aromatic carbocycles. The average Bonchev–Trinajstić information content (AvgIpc) is 3.22. The van der Waals surface area contributed by atoms with Gasteiger partial charge in [0, 0.05) is 19.3 Å². The first kappa shape index (κ1) is 57.4. The van der Waals surface area contributed by atoms with Crippen LogP contribution >= 0.6 is 0 Å². The third kappa shape index (κ3) is 45.8. The highest BCUT2D eigenvalue weighted by Crippen LogP contribution is 2.18. The molecule has 0 aromatic heterocycles. The highest BCUT2D eigenvalue weighted by atomic mass is 16.6. The maximum absolute atomic E-state index is 12.8. The summed E-state index contributed by atoms with van der Waals surface area (Å²) >= 11 is 0. The van der Waals surface area contributed by atoms with Gasteiger partial charge >= 0.3 is 17.9 Å². The van der Waals surface area contributed by atoms with Crippen molar-refractivity contribution in [3.63, 3.8) is 0 Å². The molecular formula is C53H102O6. The molecule has 0 saturated heterocycles. The van der Waals surface area contributed by atoms with Crippen molar-refractivity contribution in [2.75, 3.05) is 13.2 Å². The van der Waals surface area contributed by atoms with Gasteiger partial charge in [0.05, 0.1) is 0 Å². The Morgan fingerprint density at radius 3 is 0.966 bits per heavy atom. The number of rotatable bonds is 47. The molecule has 0 rings (SSSR count). The summed E-state index contributed by atoms with van der Waals surface area (Å²) in [6, 6.07) is 0. The summed E-state index contributed by atoms with van der Waals surface area (Å²) in [7, 11) is 0. The minimum atomic E-state index is -0.762. The van der Waals surface area contributed by atoms with E-state index in [-0.39, 0.29) is 31.1 Å². The van der Waals surface area contributed by atoms with Crippen LogP contribution in [0.4, 0.5) is 0 Å². The molecule has 0 amide bonds. The Hall–Kier alpha value is -1.59. The molecule has 6 nitrogen and oxygen atoms in total. The minimum absolute atomic E-state index is 0.0641. The Balaban J connectivity index is 4.29. The monoisotopic (exact) mass is 835 g/mol. The second-order valence-electron chi connectivity index (χ2n) is 18.9. The van der Waals surface area contributed by atoms with Gasteiger partial charge in [-0.25, -0.2) is 0 Å². The van der Waals surface area contributed by atoms with Crippen molar-refractivity contribution >= 4 is 17.9 Å². The fraction of sp³-hybridized carbons (Fsp3) is 0.943. The summed E-state index contributed by atoms with van der Waals surface area (Å²) in [5.41, 5.74) is 0. The Morgan fingerprint density at radius 1 is 0.356 bits per heavy atom. The van der Waals surface area contributed by atoms with Gasteiger partial charge in [-0.1, -0.05) is 253 Å². The summed E-state index contributed by atoms with van der Waals surface area (Å²) in [6.07, 6.45) is 46.6. The van der Waals surface area contributed by atoms with E-state index in [1.807, 2.05) is 0 Å². The smallest absolute Gasteiger partial charge is 0.306 e. The largest absolute Gasteiger partial charge is 0.462 e. The molecule has 6 heteroatoms. The minimum Gasteiger partial charge on any atom is -0.462 e. The van der Waals surface area contributed by atoms with Crippen molar-refractivity contribution in [1.82, 2.24) is 0 Å². The van der Waals surface area contributed by atoms with Crippen molar-refractivity contribution in [3.8, 4) is 0 Å². The van der Waals surface area contributed by atoms with Crippen LogP contribution in [0, 0.1) is 11.8 Å². The molecule has 0 aliphatic rings. The molecule has 0 bridgehead atoms. The third-order valence-corrected chi connectivity index (χ3v) is 12.3. The summed E-state index contributed by atoms with van der Waals surface area (Å²) < 4.78 is 16.8. The van der Waals surface area contributed by atoms with Crippen LogP contribution in [0.3, 0.4) is 0 Å². The van der Waals surface area contributed by atoms with Gasteiger partial charge in [-0.15, -0.1) is 0 Å². The second kappa shape index (κ2) is 45.9. The highest BCUT2D eigenvalue weighted by Gasteiger charge is 2.19. The molecule has 0 radical (unpaired) electrons. The van der Waals surface area contributed by atoms with E-state index in [9.17, 15) is 14.4 Å². The molecule has 2 atom stereocenters. The lowest BCUT2D eigenvalue weighted by Crippen LogP contribution is -2.30. The Bertz CT molecular complexity index is 902. The van der Waals surface area contributed by atoms with Gasteiger partial charge in [0.25, 0.3) is 0 Å². The predicted molar refractivity (Wildman–Crippen MR) is 252 cm³/mol. The van der Waals surface area contributed by atoms with Crippen LogP contribution < -0.4 is 0 Å². The zero-order valence-electron chi connectivity index (χ0n) is 40.4. The van der Waals surface area contributed by atoms with Crippen molar-refractivity contribution in [1.29, 1.82) is 0 Å². The number of carbonyl (C=O) groups excluding carboxylic acids is 3. The Labute approximate surface area is 368 Å². The molecule has 350 valence electrons. The van der Waals surface area contributed by atoms with Gasteiger partial charge in [0.1, 0.15) is 13.2 Å². The molecule has 0 fully saturated rings. The van der Waals surface area contributed by atoms with Crippen LogP contribution in [0.2, 0.25) is 0 Å². The number of esters is 3. The van der Waals surface area contributed by atoms with E-state index >= 15 is 0 Å². The zero-order valence-corrected chi connectivity index (χ0v) is 40.4. The van der Waals surface area contributed by atoms with Crippen molar-refractivity contribution < 1.29 is 28.6 Å². The molecule has 0 heterocycles. The van der Waals surface area contributed by atoms with Crippen LogP contribution in [0.15, 0.2) is 0 Å². The van der Waals surface area contributed by atoms with Crippen molar-refractivity contribution in [2.45, 2.75) is 298 Å². The summed E-state index contributed by atoms with van der Waals surface area (Å²) in [5.74, 6) is 0.808. The lowest BCUT2D eigenvalue weighted by atomic mass is 10.00. The average molecular weight is 835 g/mol. The summed E-state index contributed by atoms with van der Waals surface area (Å²) in [4.78, 5) is 37.9. The summed E-state index contributed by atoms with van der Waals surface area (Å²) in [5, 5.41) is 0. The maximum atomic E-state index is 12.8. The van der Waals surface area contributed by atoms with Gasteiger partial charge in [-0.3, -0.25) is 14.4 Å². The van der Waals surface area contributed by atoms with E-state index in [1.54, 1.807) is 0 Å². The van der Waals surface area contributed by atoms with Gasteiger partial charge in [0.2, 0.25) is 0 Å². The van der Waals surface area contributed by atoms with Crippen LogP contribution in [-0.4, -0.2) is 37.2 Å². The van der Waals surface area contributed by atoms with Crippen LogP contribution in [0.5, 0.6) is 0 Å². The first-order valence-corrected chi connectivity index (χ1v) is 26.3. The number of hydrogen-bond donors (Lipinski definition) is 0. The molecule has 0 N–H and O–H groups in total. The lowest BCUT2D eigenvalue weighted by Gasteiger charge is -2.18. The van der Waals surface area contributed by atoms with E-state index in [4.69, 9.17) is 14.2 Å². The number of carbonyl (C=O) groups is 3. The predicted octanol–water partition coefficient (Wildman–Crippen LogP) is 16.9. The Kier molecular flexibility index (Phi) is 44.7. The van der Waals surface area contributed by atoms with Crippen molar-refractivity contribution in [2.24, 2.45) is 11.8 Å².